The van der Waals surface area contributed by atoms with Crippen LogP contribution in [0.3, 0.4) is 0 Å². The summed E-state index contributed by atoms with van der Waals surface area (Å²) in [6.45, 7) is 0.583. The predicted octanol–water partition coefficient (Wildman–Crippen LogP) is 4.94. The summed E-state index contributed by atoms with van der Waals surface area (Å²) in [5.74, 6) is 0.493. The number of hydrogen-bond donors (Lipinski definition) is 2. The molecule has 0 aliphatic carbocycles. The Morgan fingerprint density at radius 1 is 1.04 bits per heavy atom. The zero-order valence-electron chi connectivity index (χ0n) is 14.0. The predicted molar refractivity (Wildman–Crippen MR) is 98.2 cm³/mol. The monoisotopic (exact) mass is 393 g/mol. The summed E-state index contributed by atoms with van der Waals surface area (Å²) in [6.07, 6.45) is -2.39. The molecule has 2 N–H and O–H groups in total. The van der Waals surface area contributed by atoms with Crippen molar-refractivity contribution in [1.82, 2.24) is 15.2 Å². The van der Waals surface area contributed by atoms with Gasteiger partial charge in [0.2, 0.25) is 5.95 Å². The molecule has 0 aliphatic rings. The normalized spacial score (nSPS) is 11.3. The molecule has 0 amide bonds. The van der Waals surface area contributed by atoms with E-state index in [9.17, 15) is 13.2 Å². The smallest absolute Gasteiger partial charge is 0.353 e. The molecule has 0 fully saturated rings. The molecule has 5 nitrogen and oxygen atoms in total. The molecule has 0 atom stereocenters. The first kappa shape index (κ1) is 18.9. The van der Waals surface area contributed by atoms with Gasteiger partial charge in [0.1, 0.15) is 0 Å². The maximum absolute atomic E-state index is 12.9. The van der Waals surface area contributed by atoms with Crippen LogP contribution in [0.1, 0.15) is 11.1 Å². The van der Waals surface area contributed by atoms with Crippen LogP contribution in [0.25, 0.3) is 0 Å². The zero-order valence-corrected chi connectivity index (χ0v) is 14.7. The van der Waals surface area contributed by atoms with Crippen LogP contribution in [0.5, 0.6) is 0 Å². The Hall–Kier alpha value is -2.87. The van der Waals surface area contributed by atoms with Gasteiger partial charge in [-0.3, -0.25) is 0 Å². The van der Waals surface area contributed by atoms with Gasteiger partial charge in [0, 0.05) is 6.54 Å². The Balaban J connectivity index is 1.67. The standard InChI is InChI=1S/C18H15ClF3N5/c19-14-7-6-13(18(20,21)22)10-15(14)25-16-11-24-27-17(26-16)23-9-8-12-4-2-1-3-5-12/h1-7,10-11H,8-9H2,(H2,23,25,26,27). The van der Waals surface area contributed by atoms with Gasteiger partial charge in [-0.15, -0.1) is 5.10 Å². The van der Waals surface area contributed by atoms with Gasteiger partial charge in [-0.05, 0) is 30.2 Å². The van der Waals surface area contributed by atoms with Gasteiger partial charge in [-0.25, -0.2) is 0 Å². The molecule has 0 spiro atoms. The van der Waals surface area contributed by atoms with E-state index in [2.05, 4.69) is 25.8 Å². The highest BCUT2D eigenvalue weighted by molar-refractivity contribution is 6.33. The fourth-order valence-electron chi connectivity index (χ4n) is 2.34. The molecule has 0 unspecified atom stereocenters. The second kappa shape index (κ2) is 8.22. The molecule has 27 heavy (non-hydrogen) atoms. The minimum absolute atomic E-state index is 0.0854. The van der Waals surface area contributed by atoms with Gasteiger partial charge in [-0.2, -0.15) is 23.3 Å². The van der Waals surface area contributed by atoms with E-state index in [0.29, 0.717) is 6.54 Å². The van der Waals surface area contributed by atoms with Crippen LogP contribution < -0.4 is 10.6 Å². The molecular formula is C18H15ClF3N5. The second-order valence-corrected chi connectivity index (χ2v) is 6.05. The summed E-state index contributed by atoms with van der Waals surface area (Å²) in [4.78, 5) is 4.20. The number of nitrogens with one attached hydrogen (secondary N) is 2. The lowest BCUT2D eigenvalue weighted by Crippen LogP contribution is -2.10. The third kappa shape index (κ3) is 5.30. The van der Waals surface area contributed by atoms with E-state index in [-0.39, 0.29) is 22.5 Å². The van der Waals surface area contributed by atoms with Crippen molar-refractivity contribution in [3.8, 4) is 0 Å². The molecule has 0 bridgehead atoms. The number of hydrogen-bond acceptors (Lipinski definition) is 5. The topological polar surface area (TPSA) is 62.7 Å². The third-order valence-electron chi connectivity index (χ3n) is 3.65. The number of alkyl halides is 3. The van der Waals surface area contributed by atoms with E-state index >= 15 is 0 Å². The van der Waals surface area contributed by atoms with Crippen LogP contribution in [-0.2, 0) is 12.6 Å². The van der Waals surface area contributed by atoms with Gasteiger partial charge in [-0.1, -0.05) is 41.9 Å². The first-order valence-electron chi connectivity index (χ1n) is 8.03. The maximum Gasteiger partial charge on any atom is 0.416 e. The van der Waals surface area contributed by atoms with Crippen LogP contribution in [0.4, 0.5) is 30.6 Å². The fourth-order valence-corrected chi connectivity index (χ4v) is 2.50. The second-order valence-electron chi connectivity index (χ2n) is 5.64. The van der Waals surface area contributed by atoms with Crippen molar-refractivity contribution in [2.45, 2.75) is 12.6 Å². The van der Waals surface area contributed by atoms with Crippen molar-refractivity contribution in [3.63, 3.8) is 0 Å². The number of rotatable bonds is 6. The van der Waals surface area contributed by atoms with E-state index in [1.165, 1.54) is 12.3 Å². The number of nitrogens with zero attached hydrogens (tertiary/aromatic N) is 3. The van der Waals surface area contributed by atoms with E-state index in [0.717, 1.165) is 24.1 Å². The summed E-state index contributed by atoms with van der Waals surface area (Å²) >= 11 is 5.98. The molecule has 0 saturated heterocycles. The zero-order chi connectivity index (χ0) is 19.3. The first-order chi connectivity index (χ1) is 12.9. The van der Waals surface area contributed by atoms with Crippen LogP contribution >= 0.6 is 11.6 Å². The highest BCUT2D eigenvalue weighted by atomic mass is 35.5. The Morgan fingerprint density at radius 2 is 1.81 bits per heavy atom. The molecule has 2 aromatic carbocycles. The summed E-state index contributed by atoms with van der Waals surface area (Å²) < 4.78 is 38.6. The highest BCUT2D eigenvalue weighted by Crippen LogP contribution is 2.34. The number of halogens is 4. The van der Waals surface area contributed by atoms with Crippen LogP contribution in [0, 0.1) is 0 Å². The van der Waals surface area contributed by atoms with Crippen molar-refractivity contribution >= 4 is 29.1 Å². The lowest BCUT2D eigenvalue weighted by atomic mass is 10.1. The van der Waals surface area contributed by atoms with E-state index in [1.807, 2.05) is 30.3 Å². The van der Waals surface area contributed by atoms with Gasteiger partial charge in [0.05, 0.1) is 22.5 Å². The van der Waals surface area contributed by atoms with Crippen LogP contribution in [-0.4, -0.2) is 21.7 Å². The van der Waals surface area contributed by atoms with Crippen molar-refractivity contribution in [2.24, 2.45) is 0 Å². The molecule has 3 aromatic rings. The molecule has 9 heteroatoms. The SMILES string of the molecule is FC(F)(F)c1ccc(Cl)c(Nc2cnnc(NCCc3ccccc3)n2)c1. The summed E-state index contributed by atoms with van der Waals surface area (Å²) in [6, 6.07) is 12.9. The summed E-state index contributed by atoms with van der Waals surface area (Å²) in [7, 11) is 0. The fraction of sp³-hybridized carbons (Fsp3) is 0.167. The van der Waals surface area contributed by atoms with E-state index < -0.39 is 11.7 Å². The molecule has 0 radical (unpaired) electrons. The molecule has 0 aliphatic heterocycles. The largest absolute Gasteiger partial charge is 0.416 e. The maximum atomic E-state index is 12.9. The Kier molecular flexibility index (Phi) is 5.75. The lowest BCUT2D eigenvalue weighted by Gasteiger charge is -2.12. The minimum Gasteiger partial charge on any atom is -0.353 e. The molecule has 0 saturated carbocycles. The first-order valence-corrected chi connectivity index (χ1v) is 8.41. The Labute approximate surface area is 158 Å². The molecule has 1 aromatic heterocycles. The highest BCUT2D eigenvalue weighted by Gasteiger charge is 2.31. The number of aromatic nitrogens is 3. The molecule has 140 valence electrons. The van der Waals surface area contributed by atoms with Gasteiger partial charge in [0.15, 0.2) is 5.82 Å². The quantitative estimate of drug-likeness (QED) is 0.621. The summed E-state index contributed by atoms with van der Waals surface area (Å²) in [5.41, 5.74) is 0.433. The van der Waals surface area contributed by atoms with E-state index in [4.69, 9.17) is 11.6 Å². The Bertz CT molecular complexity index is 903. The van der Waals surface area contributed by atoms with Crippen LogP contribution in [0.2, 0.25) is 5.02 Å². The van der Waals surface area contributed by atoms with E-state index in [1.54, 1.807) is 0 Å². The number of anilines is 3. The van der Waals surface area contributed by atoms with Gasteiger partial charge >= 0.3 is 6.18 Å². The average Bonchev–Trinajstić information content (AvgIpc) is 2.64. The van der Waals surface area contributed by atoms with Crippen molar-refractivity contribution in [3.05, 3.63) is 70.9 Å². The van der Waals surface area contributed by atoms with Crippen LogP contribution in [0.15, 0.2) is 54.7 Å². The van der Waals surface area contributed by atoms with Crippen molar-refractivity contribution in [1.29, 1.82) is 0 Å². The lowest BCUT2D eigenvalue weighted by molar-refractivity contribution is -0.137. The molecular weight excluding hydrogens is 379 g/mol. The third-order valence-corrected chi connectivity index (χ3v) is 3.98. The van der Waals surface area contributed by atoms with Crippen molar-refractivity contribution < 1.29 is 13.2 Å². The number of benzene rings is 2. The minimum atomic E-state index is -4.46. The average molecular weight is 394 g/mol. The van der Waals surface area contributed by atoms with Gasteiger partial charge in [0.25, 0.3) is 0 Å². The molecule has 3 rings (SSSR count). The summed E-state index contributed by atoms with van der Waals surface area (Å²) in [5, 5.41) is 13.6. The van der Waals surface area contributed by atoms with Crippen molar-refractivity contribution in [2.75, 3.05) is 17.2 Å². The Morgan fingerprint density at radius 3 is 2.56 bits per heavy atom. The molecule has 1 heterocycles. The van der Waals surface area contributed by atoms with Gasteiger partial charge < -0.3 is 10.6 Å².